The molecule has 0 radical (unpaired) electrons. The summed E-state index contributed by atoms with van der Waals surface area (Å²) >= 11 is 2.31. The number of rotatable bonds is 7. The van der Waals surface area contributed by atoms with Crippen LogP contribution >= 0.6 is 23.1 Å². The Morgan fingerprint density at radius 1 is 1.22 bits per heavy atom. The number of aromatic nitrogens is 4. The van der Waals surface area contributed by atoms with Gasteiger partial charge in [-0.3, -0.25) is 14.9 Å². The molecule has 0 fully saturated rings. The number of nitrogens with zero attached hydrogens (tertiary/aromatic N) is 4. The maximum Gasteiger partial charge on any atom is 0.277 e. The van der Waals surface area contributed by atoms with Crippen LogP contribution in [0.25, 0.3) is 0 Å². The number of thioether (sulfide) groups is 1. The Kier molecular flexibility index (Phi) is 6.08. The van der Waals surface area contributed by atoms with Crippen molar-refractivity contribution in [3.05, 3.63) is 46.5 Å². The van der Waals surface area contributed by atoms with E-state index in [1.165, 1.54) is 29.5 Å². The molecule has 0 spiro atoms. The molecule has 0 aliphatic heterocycles. The van der Waals surface area contributed by atoms with Gasteiger partial charge in [-0.2, -0.15) is 0 Å². The first-order valence-electron chi connectivity index (χ1n) is 7.59. The summed E-state index contributed by atoms with van der Waals surface area (Å²) < 4.78 is 18.9. The molecular formula is C15H13FN6O3S2. The minimum absolute atomic E-state index is 0.0435. The standard InChI is InChI=1S/C15H13FN6O3S2/c1-8-19-21-14(27-8)18-11(23)7-26-15-22-20-12(25-15)6-17-13(24)9-4-2-3-5-10(9)16/h2-5H,6-7H2,1H3,(H,17,24)(H,18,21,23). The van der Waals surface area contributed by atoms with Crippen LogP contribution < -0.4 is 10.6 Å². The normalized spacial score (nSPS) is 10.6. The van der Waals surface area contributed by atoms with Crippen LogP contribution in [0.4, 0.5) is 9.52 Å². The highest BCUT2D eigenvalue weighted by molar-refractivity contribution is 7.99. The van der Waals surface area contributed by atoms with Crippen LogP contribution in [0.15, 0.2) is 33.9 Å². The Morgan fingerprint density at radius 2 is 2.04 bits per heavy atom. The molecule has 0 aliphatic rings. The van der Waals surface area contributed by atoms with E-state index in [2.05, 4.69) is 31.0 Å². The fraction of sp³-hybridized carbons (Fsp3) is 0.200. The lowest BCUT2D eigenvalue weighted by Crippen LogP contribution is -2.23. The van der Waals surface area contributed by atoms with Gasteiger partial charge in [0.15, 0.2) is 0 Å². The van der Waals surface area contributed by atoms with Crippen molar-refractivity contribution in [3.8, 4) is 0 Å². The molecule has 140 valence electrons. The molecule has 1 aromatic carbocycles. The van der Waals surface area contributed by atoms with E-state index in [-0.39, 0.29) is 34.9 Å². The monoisotopic (exact) mass is 408 g/mol. The lowest BCUT2D eigenvalue weighted by molar-refractivity contribution is -0.113. The number of carbonyl (C=O) groups excluding carboxylic acids is 2. The zero-order valence-electron chi connectivity index (χ0n) is 13.9. The maximum atomic E-state index is 13.5. The summed E-state index contributed by atoms with van der Waals surface area (Å²) in [7, 11) is 0. The summed E-state index contributed by atoms with van der Waals surface area (Å²) in [6, 6.07) is 5.63. The Hall–Kier alpha value is -2.86. The summed E-state index contributed by atoms with van der Waals surface area (Å²) in [5, 5.41) is 21.6. The highest BCUT2D eigenvalue weighted by Crippen LogP contribution is 2.18. The van der Waals surface area contributed by atoms with Crippen LogP contribution in [-0.2, 0) is 11.3 Å². The molecular weight excluding hydrogens is 395 g/mol. The molecule has 2 heterocycles. The van der Waals surface area contributed by atoms with Gasteiger partial charge >= 0.3 is 0 Å². The van der Waals surface area contributed by atoms with Gasteiger partial charge in [-0.1, -0.05) is 35.2 Å². The molecule has 0 saturated heterocycles. The Balaban J connectivity index is 1.46. The molecule has 0 atom stereocenters. The van der Waals surface area contributed by atoms with Crippen molar-refractivity contribution in [2.24, 2.45) is 0 Å². The third-order valence-electron chi connectivity index (χ3n) is 3.07. The molecule has 0 aliphatic carbocycles. The number of anilines is 1. The quantitative estimate of drug-likeness (QED) is 0.569. The first kappa shape index (κ1) is 18.9. The third-order valence-corrected chi connectivity index (χ3v) is 4.64. The van der Waals surface area contributed by atoms with E-state index in [1.54, 1.807) is 13.0 Å². The van der Waals surface area contributed by atoms with Crippen molar-refractivity contribution in [2.45, 2.75) is 18.7 Å². The fourth-order valence-electron chi connectivity index (χ4n) is 1.89. The third kappa shape index (κ3) is 5.31. The van der Waals surface area contributed by atoms with Crippen molar-refractivity contribution in [1.29, 1.82) is 0 Å². The molecule has 3 aromatic rings. The second-order valence-corrected chi connectivity index (χ2v) is 7.20. The Bertz CT molecular complexity index is 960. The van der Waals surface area contributed by atoms with Gasteiger partial charge in [-0.05, 0) is 19.1 Å². The average molecular weight is 408 g/mol. The summed E-state index contributed by atoms with van der Waals surface area (Å²) in [6.45, 7) is 1.73. The minimum atomic E-state index is -0.617. The Morgan fingerprint density at radius 3 is 2.78 bits per heavy atom. The predicted octanol–water partition coefficient (Wildman–Crippen LogP) is 2.03. The number of halogens is 1. The highest BCUT2D eigenvalue weighted by Gasteiger charge is 2.14. The minimum Gasteiger partial charge on any atom is -0.414 e. The second kappa shape index (κ2) is 8.68. The molecule has 0 saturated carbocycles. The van der Waals surface area contributed by atoms with Crippen molar-refractivity contribution in [3.63, 3.8) is 0 Å². The predicted molar refractivity (Wildman–Crippen MR) is 95.9 cm³/mol. The van der Waals surface area contributed by atoms with E-state index in [4.69, 9.17) is 4.42 Å². The van der Waals surface area contributed by atoms with Crippen LogP contribution in [0, 0.1) is 12.7 Å². The van der Waals surface area contributed by atoms with Gasteiger partial charge in [0, 0.05) is 0 Å². The van der Waals surface area contributed by atoms with Crippen LogP contribution in [0.2, 0.25) is 0 Å². The van der Waals surface area contributed by atoms with Crippen LogP contribution in [0.1, 0.15) is 21.3 Å². The van der Waals surface area contributed by atoms with Crippen molar-refractivity contribution in [1.82, 2.24) is 25.7 Å². The van der Waals surface area contributed by atoms with E-state index < -0.39 is 11.7 Å². The summed E-state index contributed by atoms with van der Waals surface area (Å²) in [5.41, 5.74) is -0.0739. The SMILES string of the molecule is Cc1nnc(NC(=O)CSc2nnc(CNC(=O)c3ccccc3F)o2)s1. The van der Waals surface area contributed by atoms with Gasteiger partial charge in [-0.15, -0.1) is 20.4 Å². The van der Waals surface area contributed by atoms with Crippen LogP contribution in [0.3, 0.4) is 0 Å². The molecule has 12 heteroatoms. The number of aryl methyl sites for hydroxylation is 1. The average Bonchev–Trinajstić information content (AvgIpc) is 3.27. The first-order valence-corrected chi connectivity index (χ1v) is 9.39. The molecule has 0 bridgehead atoms. The fourth-order valence-corrected chi connectivity index (χ4v) is 3.08. The first-order chi connectivity index (χ1) is 13.0. The summed E-state index contributed by atoms with van der Waals surface area (Å²) in [5.74, 6) is -1.31. The highest BCUT2D eigenvalue weighted by atomic mass is 32.2. The van der Waals surface area contributed by atoms with Crippen molar-refractivity contribution >= 4 is 40.0 Å². The molecule has 2 amide bonds. The second-order valence-electron chi connectivity index (χ2n) is 5.09. The van der Waals surface area contributed by atoms with E-state index in [0.717, 1.165) is 16.8 Å². The number of carbonyl (C=O) groups is 2. The lowest BCUT2D eigenvalue weighted by atomic mass is 10.2. The van der Waals surface area contributed by atoms with E-state index in [1.807, 2.05) is 0 Å². The molecule has 2 N–H and O–H groups in total. The van der Waals surface area contributed by atoms with Crippen molar-refractivity contribution < 1.29 is 18.4 Å². The van der Waals surface area contributed by atoms with E-state index >= 15 is 0 Å². The van der Waals surface area contributed by atoms with Crippen LogP contribution in [-0.4, -0.2) is 38.0 Å². The van der Waals surface area contributed by atoms with Crippen molar-refractivity contribution in [2.75, 3.05) is 11.1 Å². The zero-order valence-corrected chi connectivity index (χ0v) is 15.6. The summed E-state index contributed by atoms with van der Waals surface area (Å²) in [4.78, 5) is 23.8. The van der Waals surface area contributed by atoms with Gasteiger partial charge in [-0.25, -0.2) is 4.39 Å². The molecule has 3 rings (SSSR count). The summed E-state index contributed by atoms with van der Waals surface area (Å²) in [6.07, 6.45) is 0. The number of hydrogen-bond donors (Lipinski definition) is 2. The largest absolute Gasteiger partial charge is 0.414 e. The molecule has 27 heavy (non-hydrogen) atoms. The topological polar surface area (TPSA) is 123 Å². The van der Waals surface area contributed by atoms with Gasteiger partial charge in [0.1, 0.15) is 10.8 Å². The van der Waals surface area contributed by atoms with E-state index in [9.17, 15) is 14.0 Å². The lowest BCUT2D eigenvalue weighted by Gasteiger charge is -2.03. The molecule has 0 unspecified atom stereocenters. The number of nitrogens with one attached hydrogen (secondary N) is 2. The van der Waals surface area contributed by atoms with E-state index in [0.29, 0.717) is 5.13 Å². The number of amides is 2. The number of hydrogen-bond acceptors (Lipinski definition) is 9. The van der Waals surface area contributed by atoms with Gasteiger partial charge in [0.05, 0.1) is 17.9 Å². The van der Waals surface area contributed by atoms with Gasteiger partial charge in [0.2, 0.25) is 16.9 Å². The Labute approximate surface area is 160 Å². The van der Waals surface area contributed by atoms with Crippen LogP contribution in [0.5, 0.6) is 0 Å². The van der Waals surface area contributed by atoms with Gasteiger partial charge in [0.25, 0.3) is 11.1 Å². The smallest absolute Gasteiger partial charge is 0.277 e. The number of benzene rings is 1. The zero-order chi connectivity index (χ0) is 19.2. The van der Waals surface area contributed by atoms with Gasteiger partial charge < -0.3 is 9.73 Å². The molecule has 9 nitrogen and oxygen atoms in total. The maximum absolute atomic E-state index is 13.5. The molecule has 2 aromatic heterocycles.